The molecule has 0 aromatic rings. The number of alkyl halides is 3. The highest BCUT2D eigenvalue weighted by Crippen LogP contribution is 2.29. The second-order valence-corrected chi connectivity index (χ2v) is 4.59. The Morgan fingerprint density at radius 2 is 2.00 bits per heavy atom. The predicted molar refractivity (Wildman–Crippen MR) is 53.4 cm³/mol. The third-order valence-electron chi connectivity index (χ3n) is 3.22. The molecule has 0 radical (unpaired) electrons. The van der Waals surface area contributed by atoms with Gasteiger partial charge in [0.2, 0.25) is 5.91 Å². The number of ether oxygens (including phenoxy) is 1. The highest BCUT2D eigenvalue weighted by Gasteiger charge is 2.44. The minimum absolute atomic E-state index is 0.0486. The second kappa shape index (κ2) is 4.45. The van der Waals surface area contributed by atoms with Crippen molar-refractivity contribution in [2.24, 2.45) is 0 Å². The molecule has 2 fully saturated rings. The van der Waals surface area contributed by atoms with Crippen molar-refractivity contribution in [3.05, 3.63) is 0 Å². The van der Waals surface area contributed by atoms with Gasteiger partial charge in [-0.25, -0.2) is 0 Å². The van der Waals surface area contributed by atoms with Crippen LogP contribution in [0.3, 0.4) is 0 Å². The minimum Gasteiger partial charge on any atom is -0.363 e. The lowest BCUT2D eigenvalue weighted by Crippen LogP contribution is -2.59. The zero-order valence-corrected chi connectivity index (χ0v) is 9.35. The fraction of sp³-hybridized carbons (Fsp3) is 0.900. The van der Waals surface area contributed by atoms with Crippen molar-refractivity contribution in [2.45, 2.75) is 24.6 Å². The molecule has 0 saturated carbocycles. The molecule has 2 aliphatic heterocycles. The van der Waals surface area contributed by atoms with Gasteiger partial charge in [-0.15, -0.1) is 0 Å². The monoisotopic (exact) mass is 252 g/mol. The number of hydrogen-bond donors (Lipinski definition) is 1. The van der Waals surface area contributed by atoms with Gasteiger partial charge < -0.3 is 15.0 Å². The highest BCUT2D eigenvalue weighted by atomic mass is 19.4. The lowest BCUT2D eigenvalue weighted by Gasteiger charge is -2.44. The first-order chi connectivity index (χ1) is 7.90. The van der Waals surface area contributed by atoms with Crippen LogP contribution in [-0.4, -0.2) is 55.4 Å². The summed E-state index contributed by atoms with van der Waals surface area (Å²) in [6.45, 7) is 0.0651. The topological polar surface area (TPSA) is 41.6 Å². The van der Waals surface area contributed by atoms with Gasteiger partial charge in [0, 0.05) is 0 Å². The fourth-order valence-corrected chi connectivity index (χ4v) is 2.33. The van der Waals surface area contributed by atoms with Crippen molar-refractivity contribution in [1.82, 2.24) is 10.2 Å². The Hall–Kier alpha value is -0.820. The molecule has 1 spiro atoms. The number of rotatable bonds is 1. The first-order valence-corrected chi connectivity index (χ1v) is 5.59. The number of nitrogens with one attached hydrogen (secondary N) is 1. The Bertz CT molecular complexity index is 300. The molecule has 0 aromatic carbocycles. The Labute approximate surface area is 97.1 Å². The predicted octanol–water partition coefficient (Wildman–Crippen LogP) is 0.530. The minimum atomic E-state index is -4.35. The number of piperidine rings is 1. The van der Waals surface area contributed by atoms with E-state index in [1.807, 2.05) is 0 Å². The second-order valence-electron chi connectivity index (χ2n) is 4.59. The number of halogens is 3. The number of nitrogens with zero attached hydrogens (tertiary/aromatic N) is 1. The molecule has 4 nitrogen and oxygen atoms in total. The van der Waals surface area contributed by atoms with Crippen LogP contribution in [0.4, 0.5) is 13.2 Å². The number of morpholine rings is 1. The van der Waals surface area contributed by atoms with Gasteiger partial charge in [0.25, 0.3) is 0 Å². The van der Waals surface area contributed by atoms with Crippen molar-refractivity contribution in [3.63, 3.8) is 0 Å². The van der Waals surface area contributed by atoms with Gasteiger partial charge in [-0.2, -0.15) is 13.2 Å². The lowest BCUT2D eigenvalue weighted by molar-refractivity contribution is -0.192. The maximum atomic E-state index is 12.3. The van der Waals surface area contributed by atoms with Crippen molar-refractivity contribution >= 4 is 5.91 Å². The molecule has 98 valence electrons. The maximum absolute atomic E-state index is 12.3. The molecular formula is C10H15F3N2O2. The molecule has 1 N–H and O–H groups in total. The molecule has 0 bridgehead atoms. The molecular weight excluding hydrogens is 237 g/mol. The molecule has 0 aromatic heterocycles. The molecule has 2 aliphatic rings. The number of amides is 1. The van der Waals surface area contributed by atoms with Gasteiger partial charge >= 0.3 is 6.18 Å². The Morgan fingerprint density at radius 1 is 1.35 bits per heavy atom. The van der Waals surface area contributed by atoms with E-state index in [1.165, 1.54) is 0 Å². The van der Waals surface area contributed by atoms with Crippen LogP contribution in [0.15, 0.2) is 0 Å². The summed E-state index contributed by atoms with van der Waals surface area (Å²) in [4.78, 5) is 12.3. The number of hydrogen-bond acceptors (Lipinski definition) is 3. The van der Waals surface area contributed by atoms with Crippen LogP contribution in [0.2, 0.25) is 0 Å². The molecule has 2 rings (SSSR count). The molecule has 1 amide bonds. The first-order valence-electron chi connectivity index (χ1n) is 5.59. The lowest BCUT2D eigenvalue weighted by atomic mass is 9.90. The summed E-state index contributed by atoms with van der Waals surface area (Å²) in [6.07, 6.45) is -3.05. The zero-order valence-electron chi connectivity index (χ0n) is 9.35. The summed E-state index contributed by atoms with van der Waals surface area (Å²) in [7, 11) is 0. The van der Waals surface area contributed by atoms with Gasteiger partial charge in [-0.3, -0.25) is 4.79 Å². The first kappa shape index (κ1) is 12.6. The normalized spacial score (nSPS) is 25.4. The van der Waals surface area contributed by atoms with E-state index in [-0.39, 0.29) is 13.2 Å². The van der Waals surface area contributed by atoms with Gasteiger partial charge in [-0.1, -0.05) is 0 Å². The molecule has 0 atom stereocenters. The summed E-state index contributed by atoms with van der Waals surface area (Å²) >= 11 is 0. The smallest absolute Gasteiger partial charge is 0.363 e. The fourth-order valence-electron chi connectivity index (χ4n) is 2.33. The molecule has 0 aliphatic carbocycles. The average Bonchev–Trinajstić information content (AvgIpc) is 2.23. The van der Waals surface area contributed by atoms with E-state index in [9.17, 15) is 18.0 Å². The Kier molecular flexibility index (Phi) is 3.31. The highest BCUT2D eigenvalue weighted by molar-refractivity contribution is 5.78. The summed E-state index contributed by atoms with van der Waals surface area (Å²) in [5.41, 5.74) is -0.579. The summed E-state index contributed by atoms with van der Waals surface area (Å²) < 4.78 is 42.4. The maximum Gasteiger partial charge on any atom is 0.406 e. The van der Waals surface area contributed by atoms with Crippen LogP contribution < -0.4 is 5.32 Å². The summed E-state index contributed by atoms with van der Waals surface area (Å²) in [6, 6.07) is 0. The van der Waals surface area contributed by atoms with Crippen LogP contribution >= 0.6 is 0 Å². The van der Waals surface area contributed by atoms with Crippen molar-refractivity contribution < 1.29 is 22.7 Å². The quantitative estimate of drug-likeness (QED) is 0.740. The van der Waals surface area contributed by atoms with Crippen LogP contribution in [0.5, 0.6) is 0 Å². The summed E-state index contributed by atoms with van der Waals surface area (Å²) in [5.74, 6) is -0.577. The van der Waals surface area contributed by atoms with E-state index >= 15 is 0 Å². The van der Waals surface area contributed by atoms with E-state index in [4.69, 9.17) is 4.74 Å². The molecule has 0 unspecified atom stereocenters. The third kappa shape index (κ3) is 3.10. The van der Waals surface area contributed by atoms with E-state index < -0.39 is 24.2 Å². The van der Waals surface area contributed by atoms with Gasteiger partial charge in [0.15, 0.2) is 0 Å². The molecule has 7 heteroatoms. The SMILES string of the molecule is O=C1COC2(CCNCC2)CN1CC(F)(F)F. The van der Waals surface area contributed by atoms with Crippen LogP contribution in [0.25, 0.3) is 0 Å². The van der Waals surface area contributed by atoms with Gasteiger partial charge in [0.1, 0.15) is 13.2 Å². The number of carbonyl (C=O) groups excluding carboxylic acids is 1. The van der Waals surface area contributed by atoms with Crippen molar-refractivity contribution in [1.29, 1.82) is 0 Å². The number of carbonyl (C=O) groups is 1. The molecule has 17 heavy (non-hydrogen) atoms. The van der Waals surface area contributed by atoms with Crippen LogP contribution in [0.1, 0.15) is 12.8 Å². The largest absolute Gasteiger partial charge is 0.406 e. The van der Waals surface area contributed by atoms with Crippen LogP contribution in [-0.2, 0) is 9.53 Å². The molecule has 2 heterocycles. The van der Waals surface area contributed by atoms with Crippen LogP contribution in [0, 0.1) is 0 Å². The Morgan fingerprint density at radius 3 is 2.59 bits per heavy atom. The van der Waals surface area contributed by atoms with E-state index in [2.05, 4.69) is 5.32 Å². The standard InChI is InChI=1S/C10H15F3N2O2/c11-10(12,13)7-15-6-9(17-5-8(15)16)1-3-14-4-2-9/h14H,1-7H2. The van der Waals surface area contributed by atoms with Crippen molar-refractivity contribution in [3.8, 4) is 0 Å². The van der Waals surface area contributed by atoms with Crippen molar-refractivity contribution in [2.75, 3.05) is 32.8 Å². The van der Waals surface area contributed by atoms with Gasteiger partial charge in [-0.05, 0) is 25.9 Å². The zero-order chi connectivity index (χ0) is 12.5. The van der Waals surface area contributed by atoms with E-state index in [1.54, 1.807) is 0 Å². The molecule has 2 saturated heterocycles. The van der Waals surface area contributed by atoms with Gasteiger partial charge in [0.05, 0.1) is 12.1 Å². The van der Waals surface area contributed by atoms with E-state index in [0.29, 0.717) is 25.9 Å². The third-order valence-corrected chi connectivity index (χ3v) is 3.22. The average molecular weight is 252 g/mol. The Balaban J connectivity index is 2.03. The van der Waals surface area contributed by atoms with E-state index in [0.717, 1.165) is 4.90 Å². The summed E-state index contributed by atoms with van der Waals surface area (Å²) in [5, 5.41) is 3.12.